The maximum atomic E-state index is 11.9. The summed E-state index contributed by atoms with van der Waals surface area (Å²) < 4.78 is 0. The number of hydrogen-bond donors (Lipinski definition) is 0. The van der Waals surface area contributed by atoms with Crippen molar-refractivity contribution >= 4 is 23.3 Å². The third-order valence-corrected chi connectivity index (χ3v) is 3.25. The van der Waals surface area contributed by atoms with Gasteiger partial charge in [0.05, 0.1) is 13.1 Å². The number of amides is 1. The monoisotopic (exact) mass is 267 g/mol. The van der Waals surface area contributed by atoms with Gasteiger partial charge in [0.25, 0.3) is 0 Å². The van der Waals surface area contributed by atoms with Gasteiger partial charge in [-0.1, -0.05) is 20.3 Å². The fourth-order valence-corrected chi connectivity index (χ4v) is 2.21. The van der Waals surface area contributed by atoms with Crippen LogP contribution in [0.2, 0.25) is 0 Å². The van der Waals surface area contributed by atoms with E-state index < -0.39 is 17.5 Å². The van der Waals surface area contributed by atoms with E-state index in [0.717, 1.165) is 12.8 Å². The van der Waals surface area contributed by atoms with Gasteiger partial charge in [0, 0.05) is 12.8 Å². The molecular weight excluding hydrogens is 246 g/mol. The van der Waals surface area contributed by atoms with Crippen molar-refractivity contribution in [1.29, 1.82) is 0 Å². The Balaban J connectivity index is 2.66. The molecule has 0 aromatic heterocycles. The SMILES string of the molecule is CCCCC(=O)N1CC(=O)C(C(=O)CCC)C(=O)C1. The molecule has 0 aliphatic carbocycles. The van der Waals surface area contributed by atoms with Crippen LogP contribution in [-0.2, 0) is 19.2 Å². The second-order valence-corrected chi connectivity index (χ2v) is 4.94. The van der Waals surface area contributed by atoms with E-state index in [1.165, 1.54) is 4.90 Å². The Hall–Kier alpha value is -1.52. The molecular formula is C14H21NO4. The predicted molar refractivity (Wildman–Crippen MR) is 69.5 cm³/mol. The number of ketones is 3. The Morgan fingerprint density at radius 1 is 1.05 bits per heavy atom. The fourth-order valence-electron chi connectivity index (χ4n) is 2.21. The van der Waals surface area contributed by atoms with Crippen LogP contribution in [-0.4, -0.2) is 41.2 Å². The minimum Gasteiger partial charge on any atom is -0.328 e. The second-order valence-electron chi connectivity index (χ2n) is 4.94. The lowest BCUT2D eigenvalue weighted by Crippen LogP contribution is -2.52. The van der Waals surface area contributed by atoms with Crippen LogP contribution in [0, 0.1) is 5.92 Å². The highest BCUT2D eigenvalue weighted by Crippen LogP contribution is 2.15. The van der Waals surface area contributed by atoms with Crippen LogP contribution in [0.15, 0.2) is 0 Å². The first-order chi connectivity index (χ1) is 9.01. The van der Waals surface area contributed by atoms with E-state index in [-0.39, 0.29) is 31.2 Å². The van der Waals surface area contributed by atoms with Crippen LogP contribution in [0.3, 0.4) is 0 Å². The third-order valence-electron chi connectivity index (χ3n) is 3.25. The topological polar surface area (TPSA) is 71.5 Å². The Morgan fingerprint density at radius 2 is 1.63 bits per heavy atom. The molecule has 0 radical (unpaired) electrons. The molecule has 1 aliphatic heterocycles. The van der Waals surface area contributed by atoms with Gasteiger partial charge in [-0.3, -0.25) is 19.2 Å². The highest BCUT2D eigenvalue weighted by molar-refractivity contribution is 6.22. The van der Waals surface area contributed by atoms with Crippen molar-refractivity contribution in [3.63, 3.8) is 0 Å². The summed E-state index contributed by atoms with van der Waals surface area (Å²) in [4.78, 5) is 48.5. The van der Waals surface area contributed by atoms with Gasteiger partial charge in [-0.15, -0.1) is 0 Å². The van der Waals surface area contributed by atoms with Gasteiger partial charge in [-0.2, -0.15) is 0 Å². The summed E-state index contributed by atoms with van der Waals surface area (Å²) >= 11 is 0. The van der Waals surface area contributed by atoms with Gasteiger partial charge < -0.3 is 4.90 Å². The first-order valence-corrected chi connectivity index (χ1v) is 6.87. The number of carbonyl (C=O) groups is 4. The van der Waals surface area contributed by atoms with E-state index in [1.54, 1.807) is 0 Å². The number of nitrogens with zero attached hydrogens (tertiary/aromatic N) is 1. The maximum absolute atomic E-state index is 11.9. The molecule has 0 aromatic rings. The molecule has 0 saturated carbocycles. The Morgan fingerprint density at radius 3 is 2.11 bits per heavy atom. The molecule has 0 unspecified atom stereocenters. The average molecular weight is 267 g/mol. The predicted octanol–water partition coefficient (Wildman–Crippen LogP) is 1.14. The standard InChI is InChI=1S/C14H21NO4/c1-3-5-7-13(19)15-8-11(17)14(12(18)9-15)10(16)6-4-2/h14H,3-9H2,1-2H3. The van der Waals surface area contributed by atoms with Crippen molar-refractivity contribution in [3.8, 4) is 0 Å². The molecule has 5 heteroatoms. The molecule has 19 heavy (non-hydrogen) atoms. The molecule has 0 spiro atoms. The zero-order chi connectivity index (χ0) is 14.4. The number of piperidine rings is 1. The van der Waals surface area contributed by atoms with E-state index in [9.17, 15) is 19.2 Å². The Labute approximate surface area is 113 Å². The molecule has 1 rings (SSSR count). The van der Waals surface area contributed by atoms with Gasteiger partial charge in [0.15, 0.2) is 17.3 Å². The number of rotatable bonds is 6. The smallest absolute Gasteiger partial charge is 0.223 e. The quantitative estimate of drug-likeness (QED) is 0.677. The molecule has 1 fully saturated rings. The highest BCUT2D eigenvalue weighted by Gasteiger charge is 2.39. The minimum absolute atomic E-state index is 0.103. The number of carbonyl (C=O) groups excluding carboxylic acids is 4. The normalized spacial score (nSPS) is 16.8. The number of likely N-dealkylation sites (tertiary alicyclic amines) is 1. The number of hydrogen-bond acceptors (Lipinski definition) is 4. The molecule has 0 N–H and O–H groups in total. The molecule has 0 bridgehead atoms. The van der Waals surface area contributed by atoms with E-state index in [1.807, 2.05) is 13.8 Å². The average Bonchev–Trinajstić information content (AvgIpc) is 2.35. The third kappa shape index (κ3) is 3.98. The zero-order valence-electron chi connectivity index (χ0n) is 11.6. The van der Waals surface area contributed by atoms with Crippen LogP contribution in [0.25, 0.3) is 0 Å². The summed E-state index contributed by atoms with van der Waals surface area (Å²) in [6.07, 6.45) is 2.85. The first kappa shape index (κ1) is 15.5. The molecule has 5 nitrogen and oxygen atoms in total. The van der Waals surface area contributed by atoms with Crippen molar-refractivity contribution in [2.75, 3.05) is 13.1 Å². The fraction of sp³-hybridized carbons (Fsp3) is 0.714. The van der Waals surface area contributed by atoms with E-state index in [4.69, 9.17) is 0 Å². The summed E-state index contributed by atoms with van der Waals surface area (Å²) in [6.45, 7) is 3.60. The molecule has 1 heterocycles. The van der Waals surface area contributed by atoms with E-state index >= 15 is 0 Å². The molecule has 1 saturated heterocycles. The van der Waals surface area contributed by atoms with Gasteiger partial charge >= 0.3 is 0 Å². The Bertz CT molecular complexity index is 371. The molecule has 0 aromatic carbocycles. The van der Waals surface area contributed by atoms with E-state index in [0.29, 0.717) is 12.8 Å². The lowest BCUT2D eigenvalue weighted by molar-refractivity contribution is -0.150. The van der Waals surface area contributed by atoms with Crippen LogP contribution in [0.5, 0.6) is 0 Å². The zero-order valence-corrected chi connectivity index (χ0v) is 11.6. The molecule has 106 valence electrons. The van der Waals surface area contributed by atoms with Gasteiger partial charge in [0.1, 0.15) is 5.92 Å². The summed E-state index contributed by atoms with van der Waals surface area (Å²) in [7, 11) is 0. The summed E-state index contributed by atoms with van der Waals surface area (Å²) in [6, 6.07) is 0. The van der Waals surface area contributed by atoms with Crippen molar-refractivity contribution in [2.45, 2.75) is 46.0 Å². The minimum atomic E-state index is -1.13. The molecule has 0 atom stereocenters. The first-order valence-electron chi connectivity index (χ1n) is 6.87. The number of unbranched alkanes of at least 4 members (excludes halogenated alkanes) is 1. The van der Waals surface area contributed by atoms with Crippen molar-refractivity contribution < 1.29 is 19.2 Å². The highest BCUT2D eigenvalue weighted by atomic mass is 16.2. The lowest BCUT2D eigenvalue weighted by atomic mass is 9.88. The largest absolute Gasteiger partial charge is 0.328 e. The summed E-state index contributed by atoms with van der Waals surface area (Å²) in [5.74, 6) is -2.47. The van der Waals surface area contributed by atoms with Crippen molar-refractivity contribution in [3.05, 3.63) is 0 Å². The second kappa shape index (κ2) is 7.16. The van der Waals surface area contributed by atoms with Crippen LogP contribution >= 0.6 is 0 Å². The van der Waals surface area contributed by atoms with Crippen LogP contribution in [0.4, 0.5) is 0 Å². The molecule has 1 amide bonds. The Kier molecular flexibility index (Phi) is 5.86. The number of Topliss-reactive ketones (excluding diaryl/α,β-unsaturated/α-hetero) is 3. The van der Waals surface area contributed by atoms with Crippen LogP contribution < -0.4 is 0 Å². The lowest BCUT2D eigenvalue weighted by Gasteiger charge is -2.29. The van der Waals surface area contributed by atoms with Gasteiger partial charge in [0.2, 0.25) is 5.91 Å². The molecule has 1 aliphatic rings. The summed E-state index contributed by atoms with van der Waals surface area (Å²) in [5.41, 5.74) is 0. The van der Waals surface area contributed by atoms with Crippen molar-refractivity contribution in [1.82, 2.24) is 4.90 Å². The summed E-state index contributed by atoms with van der Waals surface area (Å²) in [5, 5.41) is 0. The van der Waals surface area contributed by atoms with E-state index in [2.05, 4.69) is 0 Å². The van der Waals surface area contributed by atoms with Gasteiger partial charge in [-0.05, 0) is 12.8 Å². The van der Waals surface area contributed by atoms with Crippen LogP contribution in [0.1, 0.15) is 46.0 Å². The van der Waals surface area contributed by atoms with Crippen molar-refractivity contribution in [2.24, 2.45) is 5.92 Å². The maximum Gasteiger partial charge on any atom is 0.223 e. The van der Waals surface area contributed by atoms with Gasteiger partial charge in [-0.25, -0.2) is 0 Å².